The highest BCUT2D eigenvalue weighted by molar-refractivity contribution is 8.01. The second-order valence-corrected chi connectivity index (χ2v) is 7.70. The molecule has 2 amide bonds. The molecule has 0 saturated heterocycles. The summed E-state index contributed by atoms with van der Waals surface area (Å²) in [5, 5.41) is 7.50. The number of carbonyl (C=O) groups excluding carboxylic acids is 2. The van der Waals surface area contributed by atoms with Gasteiger partial charge in [-0.2, -0.15) is 0 Å². The molecule has 0 aliphatic carbocycles. The van der Waals surface area contributed by atoms with E-state index in [1.807, 2.05) is 47.8 Å². The van der Waals surface area contributed by atoms with Gasteiger partial charge in [-0.15, -0.1) is 23.1 Å². The van der Waals surface area contributed by atoms with Gasteiger partial charge in [-0.05, 0) is 24.3 Å². The van der Waals surface area contributed by atoms with Gasteiger partial charge in [0, 0.05) is 22.9 Å². The van der Waals surface area contributed by atoms with Crippen molar-refractivity contribution >= 4 is 45.7 Å². The maximum Gasteiger partial charge on any atom is 0.238 e. The van der Waals surface area contributed by atoms with Crippen molar-refractivity contribution in [1.82, 2.24) is 9.97 Å². The number of carbonyl (C=O) groups is 2. The lowest BCUT2D eigenvalue weighted by Crippen LogP contribution is -2.32. The SMILES string of the molecule is O=C(CC1Sc2ccccc2NC1=O)Nc1nc(-c2ccccn2)cs1. The van der Waals surface area contributed by atoms with E-state index in [1.165, 1.54) is 23.1 Å². The van der Waals surface area contributed by atoms with Crippen molar-refractivity contribution in [2.75, 3.05) is 10.6 Å². The summed E-state index contributed by atoms with van der Waals surface area (Å²) in [7, 11) is 0. The average molecular weight is 382 g/mol. The van der Waals surface area contributed by atoms with E-state index in [2.05, 4.69) is 20.6 Å². The van der Waals surface area contributed by atoms with Gasteiger partial charge in [0.05, 0.1) is 16.6 Å². The standard InChI is InChI=1S/C18H14N4O2S2/c23-16(9-15-17(24)20-12-6-1-2-7-14(12)26-15)22-18-21-13(10-25-18)11-5-3-4-8-19-11/h1-8,10,15H,9H2,(H,20,24)(H,21,22,23). The summed E-state index contributed by atoms with van der Waals surface area (Å²) in [6.07, 6.45) is 1.78. The number of hydrogen-bond acceptors (Lipinski definition) is 6. The zero-order valence-corrected chi connectivity index (χ0v) is 15.1. The Morgan fingerprint density at radius 1 is 1.15 bits per heavy atom. The van der Waals surface area contributed by atoms with Gasteiger partial charge in [0.2, 0.25) is 11.8 Å². The monoisotopic (exact) mass is 382 g/mol. The Morgan fingerprint density at radius 2 is 2.00 bits per heavy atom. The van der Waals surface area contributed by atoms with Crippen LogP contribution in [0.15, 0.2) is 58.9 Å². The fraction of sp³-hybridized carbons (Fsp3) is 0.111. The predicted molar refractivity (Wildman–Crippen MR) is 103 cm³/mol. The number of thiazole rings is 1. The molecule has 3 aromatic rings. The minimum atomic E-state index is -0.458. The molecule has 4 rings (SSSR count). The predicted octanol–water partition coefficient (Wildman–Crippen LogP) is 3.65. The molecule has 0 fully saturated rings. The molecule has 1 aromatic carbocycles. The molecule has 1 atom stereocenters. The van der Waals surface area contributed by atoms with Gasteiger partial charge >= 0.3 is 0 Å². The van der Waals surface area contributed by atoms with Crippen LogP contribution in [0, 0.1) is 0 Å². The summed E-state index contributed by atoms with van der Waals surface area (Å²) in [5.74, 6) is -0.392. The highest BCUT2D eigenvalue weighted by Gasteiger charge is 2.29. The number of amides is 2. The molecule has 6 nitrogen and oxygen atoms in total. The maximum atomic E-state index is 12.3. The van der Waals surface area contributed by atoms with Crippen molar-refractivity contribution in [3.05, 3.63) is 54.0 Å². The van der Waals surface area contributed by atoms with Crippen LogP contribution in [0.4, 0.5) is 10.8 Å². The van der Waals surface area contributed by atoms with E-state index in [-0.39, 0.29) is 18.2 Å². The fourth-order valence-electron chi connectivity index (χ4n) is 2.53. The van der Waals surface area contributed by atoms with Gasteiger partial charge in [-0.3, -0.25) is 14.6 Å². The molecule has 1 unspecified atom stereocenters. The van der Waals surface area contributed by atoms with E-state index in [4.69, 9.17) is 0 Å². The summed E-state index contributed by atoms with van der Waals surface area (Å²) in [5.41, 5.74) is 2.26. The smallest absolute Gasteiger partial charge is 0.238 e. The van der Waals surface area contributed by atoms with Gasteiger partial charge in [0.1, 0.15) is 5.69 Å². The van der Waals surface area contributed by atoms with E-state index in [0.717, 1.165) is 16.3 Å². The van der Waals surface area contributed by atoms with Crippen LogP contribution in [0.5, 0.6) is 0 Å². The molecule has 0 radical (unpaired) electrons. The molecule has 1 aliphatic heterocycles. The van der Waals surface area contributed by atoms with Gasteiger partial charge in [0.15, 0.2) is 5.13 Å². The number of anilines is 2. The molecule has 0 bridgehead atoms. The van der Waals surface area contributed by atoms with E-state index in [9.17, 15) is 9.59 Å². The maximum absolute atomic E-state index is 12.3. The van der Waals surface area contributed by atoms with Crippen LogP contribution in [-0.4, -0.2) is 27.0 Å². The fourth-order valence-corrected chi connectivity index (χ4v) is 4.36. The van der Waals surface area contributed by atoms with Gasteiger partial charge in [-0.1, -0.05) is 18.2 Å². The van der Waals surface area contributed by atoms with Crippen LogP contribution in [0.3, 0.4) is 0 Å². The quantitative estimate of drug-likeness (QED) is 0.720. The Hall–Kier alpha value is -2.71. The summed E-state index contributed by atoms with van der Waals surface area (Å²) >= 11 is 2.74. The number of hydrogen-bond donors (Lipinski definition) is 2. The molecule has 8 heteroatoms. The molecule has 130 valence electrons. The van der Waals surface area contributed by atoms with Gasteiger partial charge in [0.25, 0.3) is 0 Å². The molecule has 3 heterocycles. The largest absolute Gasteiger partial charge is 0.324 e. The van der Waals surface area contributed by atoms with Crippen molar-refractivity contribution < 1.29 is 9.59 Å². The van der Waals surface area contributed by atoms with Crippen LogP contribution in [0.2, 0.25) is 0 Å². The topological polar surface area (TPSA) is 84.0 Å². The average Bonchev–Trinajstić information content (AvgIpc) is 3.11. The summed E-state index contributed by atoms with van der Waals surface area (Å²) in [6.45, 7) is 0. The second-order valence-electron chi connectivity index (χ2n) is 5.60. The first-order valence-electron chi connectivity index (χ1n) is 7.92. The molecule has 2 N–H and O–H groups in total. The first kappa shape index (κ1) is 16.7. The molecule has 2 aromatic heterocycles. The first-order chi connectivity index (χ1) is 12.7. The van der Waals surface area contributed by atoms with Crippen LogP contribution in [-0.2, 0) is 9.59 Å². The minimum Gasteiger partial charge on any atom is -0.324 e. The Morgan fingerprint density at radius 3 is 2.85 bits per heavy atom. The zero-order chi connectivity index (χ0) is 17.9. The first-order valence-corrected chi connectivity index (χ1v) is 9.68. The van der Waals surface area contributed by atoms with Crippen molar-refractivity contribution in [3.8, 4) is 11.4 Å². The third-order valence-corrected chi connectivity index (χ3v) is 5.79. The van der Waals surface area contributed by atoms with Crippen LogP contribution in [0.25, 0.3) is 11.4 Å². The molecule has 26 heavy (non-hydrogen) atoms. The number of rotatable bonds is 4. The number of fused-ring (bicyclic) bond motifs is 1. The number of aromatic nitrogens is 2. The molecule has 1 aliphatic rings. The van der Waals surface area contributed by atoms with Gasteiger partial charge in [-0.25, -0.2) is 4.98 Å². The van der Waals surface area contributed by atoms with E-state index < -0.39 is 5.25 Å². The molecular weight excluding hydrogens is 368 g/mol. The number of pyridine rings is 1. The van der Waals surface area contributed by atoms with Crippen molar-refractivity contribution in [1.29, 1.82) is 0 Å². The third kappa shape index (κ3) is 3.61. The number of nitrogens with zero attached hydrogens (tertiary/aromatic N) is 2. The van der Waals surface area contributed by atoms with Gasteiger partial charge < -0.3 is 10.6 Å². The molecular formula is C18H14N4O2S2. The van der Waals surface area contributed by atoms with Crippen LogP contribution in [0.1, 0.15) is 6.42 Å². The van der Waals surface area contributed by atoms with Crippen molar-refractivity contribution in [3.63, 3.8) is 0 Å². The number of thioether (sulfide) groups is 1. The van der Waals surface area contributed by atoms with Crippen LogP contribution < -0.4 is 10.6 Å². The summed E-state index contributed by atoms with van der Waals surface area (Å²) < 4.78 is 0. The Balaban J connectivity index is 1.40. The normalized spacial score (nSPS) is 15.8. The third-order valence-electron chi connectivity index (χ3n) is 3.76. The lowest BCUT2D eigenvalue weighted by Gasteiger charge is -2.23. The molecule has 0 saturated carbocycles. The minimum absolute atomic E-state index is 0.0866. The number of benzene rings is 1. The molecule has 0 spiro atoms. The Bertz CT molecular complexity index is 959. The van der Waals surface area contributed by atoms with Crippen molar-refractivity contribution in [2.45, 2.75) is 16.6 Å². The van der Waals surface area contributed by atoms with E-state index in [0.29, 0.717) is 10.8 Å². The lowest BCUT2D eigenvalue weighted by molar-refractivity contribution is -0.120. The second kappa shape index (κ2) is 7.27. The Labute approximate surface area is 158 Å². The zero-order valence-electron chi connectivity index (χ0n) is 13.5. The van der Waals surface area contributed by atoms with Crippen LogP contribution >= 0.6 is 23.1 Å². The highest BCUT2D eigenvalue weighted by Crippen LogP contribution is 2.36. The lowest BCUT2D eigenvalue weighted by atomic mass is 10.2. The number of nitrogens with one attached hydrogen (secondary N) is 2. The van der Waals surface area contributed by atoms with E-state index >= 15 is 0 Å². The Kier molecular flexibility index (Phi) is 4.68. The summed E-state index contributed by atoms with van der Waals surface area (Å²) in [4.78, 5) is 34.1. The number of para-hydroxylation sites is 1. The summed E-state index contributed by atoms with van der Waals surface area (Å²) in [6, 6.07) is 13.2. The highest BCUT2D eigenvalue weighted by atomic mass is 32.2. The van der Waals surface area contributed by atoms with E-state index in [1.54, 1.807) is 6.20 Å². The van der Waals surface area contributed by atoms with Crippen molar-refractivity contribution in [2.24, 2.45) is 0 Å².